The van der Waals surface area contributed by atoms with E-state index < -0.39 is 12.0 Å². The first kappa shape index (κ1) is 13.7. The average molecular weight is 281 g/mol. The highest BCUT2D eigenvalue weighted by Crippen LogP contribution is 2.20. The fourth-order valence-electron chi connectivity index (χ4n) is 2.25. The molecule has 19 heavy (non-hydrogen) atoms. The second-order valence-corrected chi connectivity index (χ2v) is 5.43. The van der Waals surface area contributed by atoms with Gasteiger partial charge in [0, 0.05) is 19.4 Å². The number of aliphatic carboxylic acids is 1. The maximum absolute atomic E-state index is 11.9. The predicted octanol–water partition coefficient (Wildman–Crippen LogP) is 1.79. The minimum atomic E-state index is -0.963. The number of carbonyl (C=O) groups excluding carboxylic acids is 2. The van der Waals surface area contributed by atoms with E-state index in [-0.39, 0.29) is 24.5 Å². The summed E-state index contributed by atoms with van der Waals surface area (Å²) in [5, 5.41) is 10.8. The first-order chi connectivity index (χ1) is 9.09. The normalized spacial score (nSPS) is 18.5. The van der Waals surface area contributed by atoms with E-state index in [4.69, 9.17) is 5.11 Å². The fraction of sp³-hybridized carbons (Fsp3) is 0.462. The summed E-state index contributed by atoms with van der Waals surface area (Å²) in [4.78, 5) is 36.7. The number of carbonyl (C=O) groups is 3. The molecule has 2 rings (SSSR count). The Kier molecular flexibility index (Phi) is 4.31. The molecule has 0 aromatic carbocycles. The summed E-state index contributed by atoms with van der Waals surface area (Å²) in [5.74, 6) is -1.26. The zero-order valence-corrected chi connectivity index (χ0v) is 11.2. The summed E-state index contributed by atoms with van der Waals surface area (Å²) < 4.78 is 0. The Morgan fingerprint density at radius 1 is 1.37 bits per heavy atom. The molecule has 6 heteroatoms. The van der Waals surface area contributed by atoms with Crippen molar-refractivity contribution in [2.24, 2.45) is 0 Å². The van der Waals surface area contributed by atoms with E-state index >= 15 is 0 Å². The molecule has 102 valence electrons. The van der Waals surface area contributed by atoms with Gasteiger partial charge in [0.25, 0.3) is 0 Å². The van der Waals surface area contributed by atoms with E-state index in [2.05, 4.69) is 0 Å². The van der Waals surface area contributed by atoms with Gasteiger partial charge in [0.15, 0.2) is 5.78 Å². The summed E-state index contributed by atoms with van der Waals surface area (Å²) >= 11 is 1.35. The van der Waals surface area contributed by atoms with E-state index in [9.17, 15) is 14.4 Å². The lowest BCUT2D eigenvalue weighted by molar-refractivity contribution is -0.148. The van der Waals surface area contributed by atoms with Crippen molar-refractivity contribution in [3.63, 3.8) is 0 Å². The quantitative estimate of drug-likeness (QED) is 0.835. The molecule has 0 unspecified atom stereocenters. The molecule has 1 aromatic heterocycles. The molecular formula is C13H15NO4S. The number of Topliss-reactive ketones (excluding diaryl/α,β-unsaturated/α-hetero) is 1. The second kappa shape index (κ2) is 5.97. The smallest absolute Gasteiger partial charge is 0.326 e. The third-order valence-corrected chi connectivity index (χ3v) is 4.13. The van der Waals surface area contributed by atoms with Gasteiger partial charge in [-0.3, -0.25) is 9.59 Å². The highest BCUT2D eigenvalue weighted by atomic mass is 32.1. The van der Waals surface area contributed by atoms with Crippen LogP contribution in [0.3, 0.4) is 0 Å². The molecule has 1 saturated heterocycles. The summed E-state index contributed by atoms with van der Waals surface area (Å²) in [6.07, 6.45) is 1.43. The Labute approximate surface area is 114 Å². The van der Waals surface area contributed by atoms with Crippen LogP contribution in [0.4, 0.5) is 0 Å². The third kappa shape index (κ3) is 3.20. The van der Waals surface area contributed by atoms with E-state index in [1.165, 1.54) is 16.2 Å². The number of amides is 1. The molecule has 0 bridgehead atoms. The van der Waals surface area contributed by atoms with Crippen LogP contribution >= 0.6 is 11.3 Å². The van der Waals surface area contributed by atoms with Gasteiger partial charge in [-0.15, -0.1) is 11.3 Å². The van der Waals surface area contributed by atoms with Gasteiger partial charge < -0.3 is 10.0 Å². The molecule has 1 aliphatic heterocycles. The van der Waals surface area contributed by atoms with Crippen LogP contribution in [0.1, 0.15) is 35.4 Å². The number of hydrogen-bond acceptors (Lipinski definition) is 4. The lowest BCUT2D eigenvalue weighted by Gasteiger charge is -2.21. The Balaban J connectivity index is 1.88. The molecule has 1 N–H and O–H groups in total. The zero-order valence-electron chi connectivity index (χ0n) is 10.4. The number of ketones is 1. The Bertz CT molecular complexity index is 483. The van der Waals surface area contributed by atoms with Crippen molar-refractivity contribution in [2.75, 3.05) is 6.54 Å². The summed E-state index contributed by atoms with van der Waals surface area (Å²) in [7, 11) is 0. The number of carboxylic acids is 1. The molecule has 1 aromatic rings. The number of thiophene rings is 1. The minimum Gasteiger partial charge on any atom is -0.480 e. The number of rotatable bonds is 5. The Morgan fingerprint density at radius 3 is 2.79 bits per heavy atom. The standard InChI is InChI=1S/C13H15NO4S/c15-10(11-4-2-8-19-11)5-6-12(16)14-7-1-3-9(14)13(17)18/h2,4,8-9H,1,3,5-7H2,(H,17,18)/t9-/m1/s1. The highest BCUT2D eigenvalue weighted by Gasteiger charge is 2.33. The van der Waals surface area contributed by atoms with Gasteiger partial charge >= 0.3 is 5.97 Å². The van der Waals surface area contributed by atoms with Crippen LogP contribution in [-0.4, -0.2) is 40.3 Å². The van der Waals surface area contributed by atoms with Gasteiger partial charge in [0.05, 0.1) is 4.88 Å². The van der Waals surface area contributed by atoms with E-state index in [0.29, 0.717) is 24.3 Å². The molecule has 0 radical (unpaired) electrons. The summed E-state index contributed by atoms with van der Waals surface area (Å²) in [5.41, 5.74) is 0. The minimum absolute atomic E-state index is 0.0607. The van der Waals surface area contributed by atoms with Crippen LogP contribution in [0.5, 0.6) is 0 Å². The highest BCUT2D eigenvalue weighted by molar-refractivity contribution is 7.12. The van der Waals surface area contributed by atoms with Gasteiger partial charge in [-0.1, -0.05) is 6.07 Å². The molecule has 0 spiro atoms. The SMILES string of the molecule is O=C(CCC(=O)N1CCC[C@@H]1C(=O)O)c1cccs1. The van der Waals surface area contributed by atoms with E-state index in [1.54, 1.807) is 12.1 Å². The number of likely N-dealkylation sites (tertiary alicyclic amines) is 1. The average Bonchev–Trinajstić information content (AvgIpc) is 3.04. The lowest BCUT2D eigenvalue weighted by atomic mass is 10.1. The van der Waals surface area contributed by atoms with Crippen molar-refractivity contribution >= 4 is 29.0 Å². The molecule has 0 saturated carbocycles. The van der Waals surface area contributed by atoms with Gasteiger partial charge in [-0.25, -0.2) is 4.79 Å². The Hall–Kier alpha value is -1.69. The van der Waals surface area contributed by atoms with Crippen LogP contribution < -0.4 is 0 Å². The molecule has 5 nitrogen and oxygen atoms in total. The molecule has 0 aliphatic carbocycles. The third-order valence-electron chi connectivity index (χ3n) is 3.22. The monoisotopic (exact) mass is 281 g/mol. The van der Waals surface area contributed by atoms with E-state index in [1.807, 2.05) is 5.38 Å². The van der Waals surface area contributed by atoms with Crippen molar-refractivity contribution in [1.82, 2.24) is 4.90 Å². The van der Waals surface area contributed by atoms with Gasteiger partial charge in [-0.05, 0) is 24.3 Å². The van der Waals surface area contributed by atoms with Crippen molar-refractivity contribution in [2.45, 2.75) is 31.7 Å². The van der Waals surface area contributed by atoms with Crippen molar-refractivity contribution in [1.29, 1.82) is 0 Å². The molecule has 2 heterocycles. The maximum atomic E-state index is 11.9. The van der Waals surface area contributed by atoms with Crippen molar-refractivity contribution < 1.29 is 19.5 Å². The molecule has 1 atom stereocenters. The molecule has 1 fully saturated rings. The molecular weight excluding hydrogens is 266 g/mol. The topological polar surface area (TPSA) is 74.7 Å². The van der Waals surface area contributed by atoms with Gasteiger partial charge in [0.1, 0.15) is 6.04 Å². The van der Waals surface area contributed by atoms with Crippen LogP contribution in [0, 0.1) is 0 Å². The second-order valence-electron chi connectivity index (χ2n) is 4.48. The predicted molar refractivity (Wildman–Crippen MR) is 70.3 cm³/mol. The lowest BCUT2D eigenvalue weighted by Crippen LogP contribution is -2.40. The summed E-state index contributed by atoms with van der Waals surface area (Å²) in [6.45, 7) is 0.475. The molecule has 1 amide bonds. The van der Waals surface area contributed by atoms with Gasteiger partial charge in [0.2, 0.25) is 5.91 Å². The Morgan fingerprint density at radius 2 is 2.16 bits per heavy atom. The molecule has 1 aliphatic rings. The van der Waals surface area contributed by atoms with Crippen LogP contribution in [0.25, 0.3) is 0 Å². The van der Waals surface area contributed by atoms with Crippen molar-refractivity contribution in [3.8, 4) is 0 Å². The fourth-order valence-corrected chi connectivity index (χ4v) is 2.94. The first-order valence-corrected chi connectivity index (χ1v) is 7.06. The first-order valence-electron chi connectivity index (χ1n) is 6.18. The van der Waals surface area contributed by atoms with E-state index in [0.717, 1.165) is 0 Å². The van der Waals surface area contributed by atoms with Gasteiger partial charge in [-0.2, -0.15) is 0 Å². The maximum Gasteiger partial charge on any atom is 0.326 e. The van der Waals surface area contributed by atoms with Crippen LogP contribution in [-0.2, 0) is 9.59 Å². The largest absolute Gasteiger partial charge is 0.480 e. The van der Waals surface area contributed by atoms with Crippen LogP contribution in [0.2, 0.25) is 0 Å². The van der Waals surface area contributed by atoms with Crippen LogP contribution in [0.15, 0.2) is 17.5 Å². The van der Waals surface area contributed by atoms with Crippen molar-refractivity contribution in [3.05, 3.63) is 22.4 Å². The number of carboxylic acid groups (broad SMARTS) is 1. The zero-order chi connectivity index (χ0) is 13.8. The number of nitrogens with zero attached hydrogens (tertiary/aromatic N) is 1. The summed E-state index contributed by atoms with van der Waals surface area (Å²) in [6, 6.07) is 2.80. The number of hydrogen-bond donors (Lipinski definition) is 1.